The molecule has 0 saturated carbocycles. The fourth-order valence-corrected chi connectivity index (χ4v) is 0.858. The van der Waals surface area contributed by atoms with Crippen LogP contribution in [0.4, 0.5) is 5.69 Å². The normalized spacial score (nSPS) is 9.31. The molecule has 0 aliphatic heterocycles. The highest BCUT2D eigenvalue weighted by Crippen LogP contribution is 2.20. The Labute approximate surface area is 85.2 Å². The first-order valence-corrected chi connectivity index (χ1v) is 3.99. The lowest BCUT2D eigenvalue weighted by Crippen LogP contribution is -2.03. The van der Waals surface area contributed by atoms with Crippen LogP contribution in [-0.4, -0.2) is 16.8 Å². The van der Waals surface area contributed by atoms with E-state index < -0.39 is 0 Å². The Morgan fingerprint density at radius 3 is 3.00 bits per heavy atom. The zero-order chi connectivity index (χ0) is 9.68. The van der Waals surface area contributed by atoms with Crippen LogP contribution in [-0.2, 0) is 4.84 Å². The smallest absolute Gasteiger partial charge is 0.177 e. The van der Waals surface area contributed by atoms with Crippen molar-refractivity contribution in [1.29, 1.82) is 0 Å². The van der Waals surface area contributed by atoms with E-state index in [0.29, 0.717) is 5.69 Å². The van der Waals surface area contributed by atoms with E-state index in [1.807, 2.05) is 0 Å². The van der Waals surface area contributed by atoms with Crippen LogP contribution in [0.25, 0.3) is 0 Å². The number of rotatable bonds is 3. The molecule has 0 atom stereocenters. The van der Waals surface area contributed by atoms with Gasteiger partial charge < -0.3 is 0 Å². The largest absolute Gasteiger partial charge is 0.263 e. The van der Waals surface area contributed by atoms with Crippen molar-refractivity contribution in [2.24, 2.45) is 0 Å². The second kappa shape index (κ2) is 4.87. The fraction of sp³-hybridized carbons (Fsp3) is 0.143. The third-order valence-corrected chi connectivity index (χ3v) is 1.52. The first-order valence-electron chi connectivity index (χ1n) is 3.24. The molecule has 1 rings (SSSR count). The van der Waals surface area contributed by atoms with Gasteiger partial charge >= 0.3 is 0 Å². The minimum absolute atomic E-state index is 0.121. The topological polar surface area (TPSA) is 47.0 Å². The Hall–Kier alpha value is -1.02. The van der Waals surface area contributed by atoms with E-state index in [0.717, 1.165) is 0 Å². The summed E-state index contributed by atoms with van der Waals surface area (Å²) in [6.45, 7) is 0.121. The Morgan fingerprint density at radius 1 is 1.54 bits per heavy atom. The van der Waals surface area contributed by atoms with Crippen molar-refractivity contribution in [3.8, 4) is 12.3 Å². The summed E-state index contributed by atoms with van der Waals surface area (Å²) < 4.78 is 0. The molecule has 0 aliphatic rings. The molecule has 0 radical (unpaired) electrons. The van der Waals surface area contributed by atoms with Gasteiger partial charge in [-0.15, -0.1) is 16.6 Å². The molecule has 1 aromatic rings. The van der Waals surface area contributed by atoms with E-state index in [9.17, 15) is 0 Å². The lowest BCUT2D eigenvalue weighted by molar-refractivity contribution is 0.234. The lowest BCUT2D eigenvalue weighted by Gasteiger charge is -2.04. The molecule has 13 heavy (non-hydrogen) atoms. The van der Waals surface area contributed by atoms with E-state index >= 15 is 0 Å². The van der Waals surface area contributed by atoms with Crippen LogP contribution in [0, 0.1) is 12.3 Å². The molecule has 6 heteroatoms. The van der Waals surface area contributed by atoms with E-state index in [4.69, 9.17) is 34.5 Å². The highest BCUT2D eigenvalue weighted by molar-refractivity contribution is 6.33. The molecule has 0 saturated heterocycles. The molecular weight excluding hydrogens is 213 g/mol. The van der Waals surface area contributed by atoms with E-state index in [-0.39, 0.29) is 16.9 Å². The third kappa shape index (κ3) is 3.07. The highest BCUT2D eigenvalue weighted by Gasteiger charge is 2.02. The van der Waals surface area contributed by atoms with Crippen LogP contribution in [0.3, 0.4) is 0 Å². The SMILES string of the molecule is C#CCONc1cc(Cl)nnc1Cl. The second-order valence-corrected chi connectivity index (χ2v) is 2.71. The molecular formula is C7H5Cl2N3O. The zero-order valence-electron chi connectivity index (χ0n) is 6.42. The molecule has 0 aliphatic carbocycles. The summed E-state index contributed by atoms with van der Waals surface area (Å²) in [4.78, 5) is 4.81. The van der Waals surface area contributed by atoms with Crippen LogP contribution in [0.1, 0.15) is 0 Å². The molecule has 0 amide bonds. The molecule has 0 bridgehead atoms. The standard InChI is InChI=1S/C7H5Cl2N3O/c1-2-3-13-12-5-4-6(8)10-11-7(5)9/h1,4H,3H2,(H,10,12). The van der Waals surface area contributed by atoms with Crippen LogP contribution in [0.15, 0.2) is 6.07 Å². The van der Waals surface area contributed by atoms with Crippen molar-refractivity contribution in [2.75, 3.05) is 12.1 Å². The van der Waals surface area contributed by atoms with E-state index in [1.165, 1.54) is 6.07 Å². The Balaban J connectivity index is 2.65. The predicted octanol–water partition coefficient (Wildman–Crippen LogP) is 1.76. The van der Waals surface area contributed by atoms with Gasteiger partial charge in [0.25, 0.3) is 0 Å². The molecule has 0 aromatic carbocycles. The molecule has 1 aromatic heterocycles. The van der Waals surface area contributed by atoms with Crippen molar-refractivity contribution in [1.82, 2.24) is 10.2 Å². The number of nitrogens with one attached hydrogen (secondary N) is 1. The van der Waals surface area contributed by atoms with E-state index in [2.05, 4.69) is 21.6 Å². The summed E-state index contributed by atoms with van der Waals surface area (Å²) in [5.41, 5.74) is 2.92. The summed E-state index contributed by atoms with van der Waals surface area (Å²) in [6.07, 6.45) is 4.96. The fourth-order valence-electron chi connectivity index (χ4n) is 0.580. The van der Waals surface area contributed by atoms with Gasteiger partial charge in [0.2, 0.25) is 0 Å². The predicted molar refractivity (Wildman–Crippen MR) is 50.5 cm³/mol. The summed E-state index contributed by atoms with van der Waals surface area (Å²) in [7, 11) is 0. The minimum atomic E-state index is 0.121. The molecule has 0 unspecified atom stereocenters. The molecule has 68 valence electrons. The second-order valence-electron chi connectivity index (χ2n) is 1.97. The molecule has 1 N–H and O–H groups in total. The van der Waals surface area contributed by atoms with E-state index in [1.54, 1.807) is 0 Å². The monoisotopic (exact) mass is 217 g/mol. The summed E-state index contributed by atoms with van der Waals surface area (Å²) >= 11 is 11.2. The maximum Gasteiger partial charge on any atom is 0.177 e. The average molecular weight is 218 g/mol. The van der Waals surface area contributed by atoms with Gasteiger partial charge in [-0.25, -0.2) is 0 Å². The summed E-state index contributed by atoms with van der Waals surface area (Å²) in [5, 5.41) is 7.45. The average Bonchev–Trinajstić information content (AvgIpc) is 2.11. The van der Waals surface area contributed by atoms with Gasteiger partial charge in [-0.3, -0.25) is 10.3 Å². The van der Waals surface area contributed by atoms with Gasteiger partial charge in [0.1, 0.15) is 12.3 Å². The molecule has 0 fully saturated rings. The first-order chi connectivity index (χ1) is 6.24. The number of anilines is 1. The van der Waals surface area contributed by atoms with Crippen molar-refractivity contribution in [3.63, 3.8) is 0 Å². The van der Waals surface area contributed by atoms with Crippen molar-refractivity contribution < 1.29 is 4.84 Å². The number of hydrogen-bond acceptors (Lipinski definition) is 4. The number of hydrogen-bond donors (Lipinski definition) is 1. The molecule has 0 spiro atoms. The molecule has 1 heterocycles. The van der Waals surface area contributed by atoms with Gasteiger partial charge in [-0.2, -0.15) is 0 Å². The first kappa shape index (κ1) is 10.1. The van der Waals surface area contributed by atoms with Crippen molar-refractivity contribution in [3.05, 3.63) is 16.4 Å². The minimum Gasteiger partial charge on any atom is -0.263 e. The highest BCUT2D eigenvalue weighted by atomic mass is 35.5. The maximum absolute atomic E-state index is 5.65. The number of aromatic nitrogens is 2. The Bertz CT molecular complexity index is 337. The van der Waals surface area contributed by atoms with Crippen LogP contribution in [0.2, 0.25) is 10.3 Å². The van der Waals surface area contributed by atoms with Gasteiger partial charge in [0.05, 0.1) is 0 Å². The van der Waals surface area contributed by atoms with Gasteiger partial charge in [-0.1, -0.05) is 29.1 Å². The zero-order valence-corrected chi connectivity index (χ0v) is 7.93. The Morgan fingerprint density at radius 2 is 2.31 bits per heavy atom. The summed E-state index contributed by atoms with van der Waals surface area (Å²) in [6, 6.07) is 1.48. The summed E-state index contributed by atoms with van der Waals surface area (Å²) in [5.74, 6) is 2.28. The van der Waals surface area contributed by atoms with Crippen molar-refractivity contribution in [2.45, 2.75) is 0 Å². The Kier molecular flexibility index (Phi) is 3.77. The van der Waals surface area contributed by atoms with Crippen LogP contribution in [0.5, 0.6) is 0 Å². The third-order valence-electron chi connectivity index (χ3n) is 1.06. The quantitative estimate of drug-likeness (QED) is 0.477. The van der Waals surface area contributed by atoms with Crippen LogP contribution >= 0.6 is 23.2 Å². The maximum atomic E-state index is 5.65. The van der Waals surface area contributed by atoms with Crippen LogP contribution < -0.4 is 5.48 Å². The number of nitrogens with zero attached hydrogens (tertiary/aromatic N) is 2. The number of terminal acetylenes is 1. The van der Waals surface area contributed by atoms with Gasteiger partial charge in [-0.05, 0) is 0 Å². The molecule has 4 nitrogen and oxygen atoms in total. The lowest BCUT2D eigenvalue weighted by atomic mass is 10.5. The van der Waals surface area contributed by atoms with Gasteiger partial charge in [0.15, 0.2) is 10.3 Å². The van der Waals surface area contributed by atoms with Gasteiger partial charge in [0, 0.05) is 6.07 Å². The van der Waals surface area contributed by atoms with Crippen molar-refractivity contribution >= 4 is 28.9 Å². The number of halogens is 2.